The van der Waals surface area contributed by atoms with Crippen molar-refractivity contribution in [3.8, 4) is 16.9 Å². The van der Waals surface area contributed by atoms with Crippen LogP contribution in [0, 0.1) is 13.8 Å². The molecule has 1 unspecified atom stereocenters. The summed E-state index contributed by atoms with van der Waals surface area (Å²) in [5, 5.41) is 3.96. The van der Waals surface area contributed by atoms with Gasteiger partial charge in [0, 0.05) is 23.7 Å². The van der Waals surface area contributed by atoms with E-state index in [1.54, 1.807) is 7.11 Å². The number of likely N-dealkylation sites (tertiary alicyclic amines) is 1. The van der Waals surface area contributed by atoms with Crippen molar-refractivity contribution in [2.45, 2.75) is 32.7 Å². The van der Waals surface area contributed by atoms with E-state index in [1.807, 2.05) is 55.1 Å². The first-order valence-electron chi connectivity index (χ1n) is 9.63. The lowest BCUT2D eigenvalue weighted by Gasteiger charge is -2.22. The third-order valence-electron chi connectivity index (χ3n) is 5.35. The smallest absolute Gasteiger partial charge is 0.254 e. The van der Waals surface area contributed by atoms with Crippen LogP contribution in [0.1, 0.15) is 46.4 Å². The summed E-state index contributed by atoms with van der Waals surface area (Å²) in [6.45, 7) is 4.44. The summed E-state index contributed by atoms with van der Waals surface area (Å²) >= 11 is 0. The third kappa shape index (κ3) is 3.55. The van der Waals surface area contributed by atoms with Gasteiger partial charge in [0.2, 0.25) is 0 Å². The van der Waals surface area contributed by atoms with Crippen LogP contribution in [0.4, 0.5) is 5.82 Å². The van der Waals surface area contributed by atoms with Crippen molar-refractivity contribution >= 4 is 11.7 Å². The fourth-order valence-electron chi connectivity index (χ4n) is 3.85. The van der Waals surface area contributed by atoms with Gasteiger partial charge in [-0.2, -0.15) is 0 Å². The molecule has 1 atom stereocenters. The van der Waals surface area contributed by atoms with E-state index in [-0.39, 0.29) is 11.9 Å². The number of nitrogens with two attached hydrogens (primary N) is 1. The zero-order chi connectivity index (χ0) is 20.5. The van der Waals surface area contributed by atoms with Crippen LogP contribution in [0.5, 0.6) is 5.75 Å². The number of amides is 1. The Labute approximate surface area is 169 Å². The highest BCUT2D eigenvalue weighted by Crippen LogP contribution is 2.34. The fourth-order valence-corrected chi connectivity index (χ4v) is 3.85. The Morgan fingerprint density at radius 1 is 1.24 bits per heavy atom. The molecule has 150 valence electrons. The standard InChI is InChI=1S/C22H24N4O3/c1-13-11-20(29-25-13)18-5-4-10-26(18)22(27)16-8-6-15(7-9-16)17-12-19(28-3)14(2)24-21(17)23/h6-9,11-12,18H,4-5,10H2,1-3H3,(H2,23,24). The van der Waals surface area contributed by atoms with Crippen LogP contribution >= 0.6 is 0 Å². The molecule has 1 fully saturated rings. The normalized spacial score (nSPS) is 16.2. The number of aryl methyl sites for hydroxylation is 2. The Balaban J connectivity index is 1.59. The van der Waals surface area contributed by atoms with Crippen LogP contribution in [0.3, 0.4) is 0 Å². The summed E-state index contributed by atoms with van der Waals surface area (Å²) in [4.78, 5) is 19.3. The maximum absolute atomic E-state index is 13.1. The van der Waals surface area contributed by atoms with E-state index in [0.29, 0.717) is 23.7 Å². The highest BCUT2D eigenvalue weighted by Gasteiger charge is 2.33. The van der Waals surface area contributed by atoms with Crippen molar-refractivity contribution in [1.82, 2.24) is 15.0 Å². The number of benzene rings is 1. The number of ether oxygens (including phenoxy) is 1. The number of pyridine rings is 1. The molecule has 1 saturated heterocycles. The minimum atomic E-state index is -0.0652. The molecule has 0 spiro atoms. The molecule has 7 nitrogen and oxygen atoms in total. The van der Waals surface area contributed by atoms with Gasteiger partial charge >= 0.3 is 0 Å². The highest BCUT2D eigenvalue weighted by atomic mass is 16.5. The quantitative estimate of drug-likeness (QED) is 0.723. The van der Waals surface area contributed by atoms with Gasteiger partial charge in [-0.25, -0.2) is 4.98 Å². The lowest BCUT2D eigenvalue weighted by molar-refractivity contribution is 0.0714. The number of hydrogen-bond acceptors (Lipinski definition) is 6. The molecule has 3 heterocycles. The topological polar surface area (TPSA) is 94.5 Å². The lowest BCUT2D eigenvalue weighted by atomic mass is 10.0. The highest BCUT2D eigenvalue weighted by molar-refractivity contribution is 5.95. The molecule has 1 aromatic carbocycles. The van der Waals surface area contributed by atoms with Crippen molar-refractivity contribution in [3.05, 3.63) is 59.1 Å². The number of nitrogens with zero attached hydrogens (tertiary/aromatic N) is 3. The van der Waals surface area contributed by atoms with Crippen molar-refractivity contribution in [2.24, 2.45) is 0 Å². The van der Waals surface area contributed by atoms with E-state index in [2.05, 4.69) is 10.1 Å². The molecule has 2 N–H and O–H groups in total. The van der Waals surface area contributed by atoms with Gasteiger partial charge in [0.25, 0.3) is 5.91 Å². The minimum absolute atomic E-state index is 0.0133. The molecule has 4 rings (SSSR count). The predicted octanol–water partition coefficient (Wildman–Crippen LogP) is 3.92. The van der Waals surface area contributed by atoms with E-state index in [1.165, 1.54) is 0 Å². The number of aromatic nitrogens is 2. The summed E-state index contributed by atoms with van der Waals surface area (Å²) in [6, 6.07) is 11.1. The van der Waals surface area contributed by atoms with E-state index >= 15 is 0 Å². The van der Waals surface area contributed by atoms with Gasteiger partial charge in [0.05, 0.1) is 24.5 Å². The van der Waals surface area contributed by atoms with Crippen LogP contribution in [-0.2, 0) is 0 Å². The molecule has 7 heteroatoms. The molecule has 0 bridgehead atoms. The largest absolute Gasteiger partial charge is 0.495 e. The molecule has 29 heavy (non-hydrogen) atoms. The Morgan fingerprint density at radius 3 is 2.66 bits per heavy atom. The van der Waals surface area contributed by atoms with E-state index < -0.39 is 0 Å². The maximum atomic E-state index is 13.1. The second kappa shape index (κ2) is 7.58. The molecule has 3 aromatic rings. The van der Waals surface area contributed by atoms with E-state index in [0.717, 1.165) is 41.1 Å². The Bertz CT molecular complexity index is 1040. The van der Waals surface area contributed by atoms with Crippen LogP contribution in [0.2, 0.25) is 0 Å². The monoisotopic (exact) mass is 392 g/mol. The van der Waals surface area contributed by atoms with Gasteiger partial charge in [-0.05, 0) is 50.5 Å². The molecule has 2 aromatic heterocycles. The van der Waals surface area contributed by atoms with Gasteiger partial charge in [-0.15, -0.1) is 0 Å². The van der Waals surface area contributed by atoms with Gasteiger partial charge in [0.15, 0.2) is 5.76 Å². The average Bonchev–Trinajstić information content (AvgIpc) is 3.36. The zero-order valence-electron chi connectivity index (χ0n) is 16.8. The number of nitrogen functional groups attached to an aromatic ring is 1. The number of rotatable bonds is 4. The SMILES string of the molecule is COc1cc(-c2ccc(C(=O)N3CCCC3c3cc(C)no3)cc2)c(N)nc1C. The predicted molar refractivity (Wildman–Crippen MR) is 110 cm³/mol. The number of methoxy groups -OCH3 is 1. The summed E-state index contributed by atoms with van der Waals surface area (Å²) in [5.41, 5.74) is 9.95. The van der Waals surface area contributed by atoms with Crippen molar-refractivity contribution in [3.63, 3.8) is 0 Å². The molecular formula is C22H24N4O3. The third-order valence-corrected chi connectivity index (χ3v) is 5.35. The first kappa shape index (κ1) is 19.0. The number of hydrogen-bond donors (Lipinski definition) is 1. The van der Waals surface area contributed by atoms with Crippen LogP contribution in [-0.4, -0.2) is 34.6 Å². The minimum Gasteiger partial charge on any atom is -0.495 e. The Kier molecular flexibility index (Phi) is 4.96. The molecule has 0 radical (unpaired) electrons. The molecule has 1 aliphatic rings. The van der Waals surface area contributed by atoms with Crippen molar-refractivity contribution < 1.29 is 14.1 Å². The summed E-state index contributed by atoms with van der Waals surface area (Å²) < 4.78 is 10.8. The number of carbonyl (C=O) groups is 1. The summed E-state index contributed by atoms with van der Waals surface area (Å²) in [5.74, 6) is 1.84. The maximum Gasteiger partial charge on any atom is 0.254 e. The summed E-state index contributed by atoms with van der Waals surface area (Å²) in [7, 11) is 1.61. The zero-order valence-corrected chi connectivity index (χ0v) is 16.8. The number of carbonyl (C=O) groups excluding carboxylic acids is 1. The van der Waals surface area contributed by atoms with Crippen LogP contribution in [0.15, 0.2) is 40.9 Å². The van der Waals surface area contributed by atoms with Gasteiger partial charge in [-0.1, -0.05) is 17.3 Å². The van der Waals surface area contributed by atoms with Crippen LogP contribution < -0.4 is 10.5 Å². The fraction of sp³-hybridized carbons (Fsp3) is 0.318. The second-order valence-corrected chi connectivity index (χ2v) is 7.31. The average molecular weight is 392 g/mol. The molecule has 1 amide bonds. The molecule has 0 aliphatic carbocycles. The number of anilines is 1. The Hall–Kier alpha value is -3.35. The van der Waals surface area contributed by atoms with Crippen LogP contribution in [0.25, 0.3) is 11.1 Å². The second-order valence-electron chi connectivity index (χ2n) is 7.31. The van der Waals surface area contributed by atoms with Gasteiger partial charge < -0.3 is 19.9 Å². The van der Waals surface area contributed by atoms with Gasteiger partial charge in [-0.3, -0.25) is 4.79 Å². The van der Waals surface area contributed by atoms with Crippen molar-refractivity contribution in [2.75, 3.05) is 19.4 Å². The van der Waals surface area contributed by atoms with E-state index in [9.17, 15) is 4.79 Å². The van der Waals surface area contributed by atoms with Gasteiger partial charge in [0.1, 0.15) is 11.6 Å². The summed E-state index contributed by atoms with van der Waals surface area (Å²) in [6.07, 6.45) is 1.82. The first-order chi connectivity index (χ1) is 14.0. The molecule has 0 saturated carbocycles. The molecule has 1 aliphatic heterocycles. The van der Waals surface area contributed by atoms with Crippen molar-refractivity contribution in [1.29, 1.82) is 0 Å². The Morgan fingerprint density at radius 2 is 2.00 bits per heavy atom. The van der Waals surface area contributed by atoms with E-state index in [4.69, 9.17) is 15.0 Å². The lowest BCUT2D eigenvalue weighted by Crippen LogP contribution is -2.30. The molecular weight excluding hydrogens is 368 g/mol. The first-order valence-corrected chi connectivity index (χ1v) is 9.63.